The molecule has 3 nitrogen and oxygen atoms in total. The van der Waals surface area contributed by atoms with Crippen molar-refractivity contribution in [1.82, 2.24) is 10.6 Å². The Kier molecular flexibility index (Phi) is 6.32. The molecule has 6 heteroatoms. The first-order chi connectivity index (χ1) is 9.77. The second-order valence-corrected chi connectivity index (χ2v) is 6.04. The molecule has 1 saturated heterocycles. The molecule has 0 aliphatic carbocycles. The van der Waals surface area contributed by atoms with Crippen LogP contribution in [-0.2, 0) is 11.2 Å². The van der Waals surface area contributed by atoms with E-state index in [9.17, 15) is 13.6 Å². The number of aryl methyl sites for hydroxylation is 2. The molecule has 22 heavy (non-hydrogen) atoms. The number of carbonyl (C=O) groups is 1. The Labute approximate surface area is 136 Å². The molecule has 2 N–H and O–H groups in total. The standard InChI is InChI=1S/C16H22F2N2O.ClH/c1-10-4-5-13(11(2)6-10)7-12(3)20-15(21)14-8-16(17,18)9-19-14;/h4-6,12,14,19H,7-9H2,1-3H3,(H,20,21);1H. The van der Waals surface area contributed by atoms with E-state index in [0.717, 1.165) is 5.56 Å². The second kappa shape index (κ2) is 7.38. The van der Waals surface area contributed by atoms with E-state index in [1.54, 1.807) is 0 Å². The highest BCUT2D eigenvalue weighted by Gasteiger charge is 2.42. The summed E-state index contributed by atoms with van der Waals surface area (Å²) >= 11 is 0. The molecule has 0 spiro atoms. The van der Waals surface area contributed by atoms with Gasteiger partial charge in [-0.25, -0.2) is 8.78 Å². The van der Waals surface area contributed by atoms with E-state index in [1.165, 1.54) is 11.1 Å². The number of carbonyl (C=O) groups excluding carboxylic acids is 1. The van der Waals surface area contributed by atoms with Gasteiger partial charge in [-0.15, -0.1) is 12.4 Å². The van der Waals surface area contributed by atoms with Crippen LogP contribution in [0.15, 0.2) is 18.2 Å². The lowest BCUT2D eigenvalue weighted by Crippen LogP contribution is -2.44. The minimum Gasteiger partial charge on any atom is -0.352 e. The van der Waals surface area contributed by atoms with E-state index < -0.39 is 24.9 Å². The third kappa shape index (κ3) is 4.92. The van der Waals surface area contributed by atoms with Crippen molar-refractivity contribution in [2.75, 3.05) is 6.54 Å². The normalized spacial score (nSPS) is 21.0. The van der Waals surface area contributed by atoms with Crippen LogP contribution in [0.4, 0.5) is 8.78 Å². The minimum atomic E-state index is -2.78. The Hall–Kier alpha value is -1.20. The molecule has 2 unspecified atom stereocenters. The van der Waals surface area contributed by atoms with Crippen molar-refractivity contribution in [3.63, 3.8) is 0 Å². The molecule has 1 aliphatic heterocycles. The molecule has 1 amide bonds. The van der Waals surface area contributed by atoms with Gasteiger partial charge in [0.15, 0.2) is 0 Å². The summed E-state index contributed by atoms with van der Waals surface area (Å²) in [7, 11) is 0. The fourth-order valence-electron chi connectivity index (χ4n) is 2.70. The van der Waals surface area contributed by atoms with Crippen molar-refractivity contribution in [2.24, 2.45) is 0 Å². The van der Waals surface area contributed by atoms with Gasteiger partial charge in [0, 0.05) is 12.5 Å². The van der Waals surface area contributed by atoms with Crippen LogP contribution >= 0.6 is 12.4 Å². The number of hydrogen-bond donors (Lipinski definition) is 2. The molecule has 1 aromatic carbocycles. The summed E-state index contributed by atoms with van der Waals surface area (Å²) in [6.45, 7) is 5.55. The number of benzene rings is 1. The monoisotopic (exact) mass is 332 g/mol. The molecule has 0 saturated carbocycles. The first kappa shape index (κ1) is 18.8. The first-order valence-corrected chi connectivity index (χ1v) is 7.24. The predicted molar refractivity (Wildman–Crippen MR) is 85.8 cm³/mol. The molecule has 0 bridgehead atoms. The van der Waals surface area contributed by atoms with E-state index in [4.69, 9.17) is 0 Å². The van der Waals surface area contributed by atoms with Crippen LogP contribution < -0.4 is 10.6 Å². The first-order valence-electron chi connectivity index (χ1n) is 7.24. The van der Waals surface area contributed by atoms with E-state index in [-0.39, 0.29) is 24.4 Å². The lowest BCUT2D eigenvalue weighted by Gasteiger charge is -2.18. The Morgan fingerprint density at radius 3 is 2.68 bits per heavy atom. The third-order valence-corrected chi connectivity index (χ3v) is 3.84. The van der Waals surface area contributed by atoms with Crippen LogP contribution in [0.1, 0.15) is 30.0 Å². The zero-order valence-electron chi connectivity index (χ0n) is 13.1. The smallest absolute Gasteiger partial charge is 0.262 e. The molecule has 0 radical (unpaired) electrons. The number of halogens is 3. The van der Waals surface area contributed by atoms with Crippen LogP contribution in [-0.4, -0.2) is 30.5 Å². The summed E-state index contributed by atoms with van der Waals surface area (Å²) in [4.78, 5) is 12.0. The zero-order chi connectivity index (χ0) is 15.6. The number of rotatable bonds is 4. The van der Waals surface area contributed by atoms with Crippen LogP contribution in [0.5, 0.6) is 0 Å². The van der Waals surface area contributed by atoms with Crippen molar-refractivity contribution in [1.29, 1.82) is 0 Å². The SMILES string of the molecule is Cc1ccc(CC(C)NC(=O)C2CC(F)(F)CN2)c(C)c1.Cl. The number of hydrogen-bond acceptors (Lipinski definition) is 2. The maximum absolute atomic E-state index is 13.1. The summed E-state index contributed by atoms with van der Waals surface area (Å²) in [5.41, 5.74) is 3.55. The van der Waals surface area contributed by atoms with Crippen LogP contribution in [0.25, 0.3) is 0 Å². The average molecular weight is 333 g/mol. The van der Waals surface area contributed by atoms with Gasteiger partial charge in [-0.2, -0.15) is 0 Å². The number of amides is 1. The van der Waals surface area contributed by atoms with Crippen LogP contribution in [0, 0.1) is 13.8 Å². The molecule has 1 aliphatic rings. The highest BCUT2D eigenvalue weighted by molar-refractivity contribution is 5.85. The highest BCUT2D eigenvalue weighted by Crippen LogP contribution is 2.25. The molecule has 124 valence electrons. The van der Waals surface area contributed by atoms with Crippen molar-refractivity contribution in [3.8, 4) is 0 Å². The summed E-state index contributed by atoms with van der Waals surface area (Å²) in [5.74, 6) is -3.12. The van der Waals surface area contributed by atoms with E-state index in [1.807, 2.05) is 26.8 Å². The van der Waals surface area contributed by atoms with Gasteiger partial charge in [0.2, 0.25) is 5.91 Å². The predicted octanol–water partition coefficient (Wildman–Crippen LogP) is 2.77. The average Bonchev–Trinajstić information content (AvgIpc) is 2.73. The van der Waals surface area contributed by atoms with Crippen molar-refractivity contribution in [2.45, 2.75) is 51.6 Å². The molecular formula is C16H23ClF2N2O. The van der Waals surface area contributed by atoms with Gasteiger partial charge in [0.1, 0.15) is 0 Å². The Morgan fingerprint density at radius 2 is 2.14 bits per heavy atom. The summed E-state index contributed by atoms with van der Waals surface area (Å²) in [6, 6.07) is 5.31. The lowest BCUT2D eigenvalue weighted by molar-refractivity contribution is -0.124. The van der Waals surface area contributed by atoms with Crippen molar-refractivity contribution >= 4 is 18.3 Å². The number of alkyl halides is 2. The third-order valence-electron chi connectivity index (χ3n) is 3.84. The zero-order valence-corrected chi connectivity index (χ0v) is 13.9. The Balaban J connectivity index is 0.00000242. The van der Waals surface area contributed by atoms with E-state index in [2.05, 4.69) is 22.8 Å². The molecule has 1 fully saturated rings. The minimum absolute atomic E-state index is 0. The molecule has 1 heterocycles. The largest absolute Gasteiger partial charge is 0.352 e. The van der Waals surface area contributed by atoms with E-state index in [0.29, 0.717) is 6.42 Å². The molecule has 2 atom stereocenters. The molecular weight excluding hydrogens is 310 g/mol. The van der Waals surface area contributed by atoms with Gasteiger partial charge in [-0.3, -0.25) is 10.1 Å². The molecule has 1 aromatic rings. The maximum Gasteiger partial charge on any atom is 0.262 e. The maximum atomic E-state index is 13.1. The topological polar surface area (TPSA) is 41.1 Å². The summed E-state index contributed by atoms with van der Waals surface area (Å²) in [5, 5.41) is 5.39. The second-order valence-electron chi connectivity index (χ2n) is 6.04. The van der Waals surface area contributed by atoms with Crippen molar-refractivity contribution in [3.05, 3.63) is 34.9 Å². The highest BCUT2D eigenvalue weighted by atomic mass is 35.5. The quantitative estimate of drug-likeness (QED) is 0.890. The van der Waals surface area contributed by atoms with Gasteiger partial charge in [-0.1, -0.05) is 23.8 Å². The fourth-order valence-corrected chi connectivity index (χ4v) is 2.70. The van der Waals surface area contributed by atoms with Crippen LogP contribution in [0.2, 0.25) is 0 Å². The van der Waals surface area contributed by atoms with Gasteiger partial charge >= 0.3 is 0 Å². The molecule has 2 rings (SSSR count). The lowest BCUT2D eigenvalue weighted by atomic mass is 10.00. The number of nitrogens with one attached hydrogen (secondary N) is 2. The van der Waals surface area contributed by atoms with Crippen molar-refractivity contribution < 1.29 is 13.6 Å². The fraction of sp³-hybridized carbons (Fsp3) is 0.562. The summed E-state index contributed by atoms with van der Waals surface area (Å²) < 4.78 is 26.2. The Bertz CT molecular complexity index is 537. The van der Waals surface area contributed by atoms with E-state index >= 15 is 0 Å². The summed E-state index contributed by atoms with van der Waals surface area (Å²) in [6.07, 6.45) is 0.274. The molecule has 0 aromatic heterocycles. The van der Waals surface area contributed by atoms with Crippen LogP contribution in [0.3, 0.4) is 0 Å². The van der Waals surface area contributed by atoms with Gasteiger partial charge in [0.05, 0.1) is 12.6 Å². The van der Waals surface area contributed by atoms with Gasteiger partial charge < -0.3 is 5.32 Å². The van der Waals surface area contributed by atoms with Gasteiger partial charge in [0.25, 0.3) is 5.92 Å². The Morgan fingerprint density at radius 1 is 1.45 bits per heavy atom. The van der Waals surface area contributed by atoms with Gasteiger partial charge in [-0.05, 0) is 38.3 Å².